The van der Waals surface area contributed by atoms with Gasteiger partial charge in [0, 0.05) is 10.9 Å². The monoisotopic (exact) mass is 259 g/mol. The van der Waals surface area contributed by atoms with Gasteiger partial charge in [0.1, 0.15) is 0 Å². The molecule has 0 spiro atoms. The summed E-state index contributed by atoms with van der Waals surface area (Å²) in [5, 5.41) is 11.1. The number of nitrogens with zero attached hydrogens (tertiary/aromatic N) is 1. The smallest absolute Gasteiger partial charge is 0.216 e. The Bertz CT molecular complexity index is 566. The highest BCUT2D eigenvalue weighted by Crippen LogP contribution is 2.26. The summed E-state index contributed by atoms with van der Waals surface area (Å²) in [7, 11) is 1.64. The predicted octanol–water partition coefficient (Wildman–Crippen LogP) is 3.64. The molecule has 0 bridgehead atoms. The zero-order chi connectivity index (χ0) is 13.8. The first kappa shape index (κ1) is 13.8. The van der Waals surface area contributed by atoms with Crippen molar-refractivity contribution in [2.24, 2.45) is 0 Å². The summed E-state index contributed by atoms with van der Waals surface area (Å²) in [4.78, 5) is 4.53. The van der Waals surface area contributed by atoms with E-state index in [4.69, 9.17) is 4.74 Å². The first-order valence-corrected chi connectivity index (χ1v) is 6.85. The molecule has 1 unspecified atom stereocenters. The van der Waals surface area contributed by atoms with E-state index >= 15 is 0 Å². The first-order valence-electron chi connectivity index (χ1n) is 6.85. The van der Waals surface area contributed by atoms with Gasteiger partial charge in [-0.3, -0.25) is 0 Å². The van der Waals surface area contributed by atoms with Gasteiger partial charge < -0.3 is 9.84 Å². The van der Waals surface area contributed by atoms with Crippen molar-refractivity contribution in [3.05, 3.63) is 35.4 Å². The minimum atomic E-state index is -0.409. The third-order valence-corrected chi connectivity index (χ3v) is 3.40. The van der Waals surface area contributed by atoms with E-state index in [2.05, 4.69) is 24.9 Å². The van der Waals surface area contributed by atoms with E-state index in [-0.39, 0.29) is 0 Å². The second kappa shape index (κ2) is 6.02. The zero-order valence-electron chi connectivity index (χ0n) is 11.8. The molecule has 19 heavy (non-hydrogen) atoms. The molecule has 0 aliphatic carbocycles. The predicted molar refractivity (Wildman–Crippen MR) is 77.5 cm³/mol. The van der Waals surface area contributed by atoms with Gasteiger partial charge in [0.15, 0.2) is 0 Å². The number of aliphatic hydroxyl groups is 1. The number of benzene rings is 1. The highest BCUT2D eigenvalue weighted by Gasteiger charge is 2.10. The molecule has 0 amide bonds. The number of hydrogen-bond acceptors (Lipinski definition) is 3. The van der Waals surface area contributed by atoms with Crippen LogP contribution < -0.4 is 4.74 Å². The lowest BCUT2D eigenvalue weighted by Crippen LogP contribution is -1.99. The maximum atomic E-state index is 10.0. The van der Waals surface area contributed by atoms with Crippen LogP contribution >= 0.6 is 0 Å². The molecule has 0 aliphatic heterocycles. The van der Waals surface area contributed by atoms with Crippen LogP contribution in [0.4, 0.5) is 0 Å². The van der Waals surface area contributed by atoms with E-state index in [1.165, 1.54) is 0 Å². The molecule has 2 aromatic rings. The van der Waals surface area contributed by atoms with Crippen LogP contribution in [0.25, 0.3) is 10.9 Å². The largest absolute Gasteiger partial charge is 0.481 e. The number of aliphatic hydroxyl groups excluding tert-OH is 1. The fraction of sp³-hybridized carbons (Fsp3) is 0.438. The topological polar surface area (TPSA) is 42.4 Å². The van der Waals surface area contributed by atoms with Crippen molar-refractivity contribution < 1.29 is 9.84 Å². The summed E-state index contributed by atoms with van der Waals surface area (Å²) in [6.45, 7) is 4.16. The summed E-state index contributed by atoms with van der Waals surface area (Å²) in [6.07, 6.45) is 2.22. The Labute approximate surface area is 114 Å². The maximum Gasteiger partial charge on any atom is 0.216 e. The number of methoxy groups -OCH3 is 1. The fourth-order valence-corrected chi connectivity index (χ4v) is 2.29. The van der Waals surface area contributed by atoms with Crippen LogP contribution in [0.15, 0.2) is 24.3 Å². The molecule has 102 valence electrons. The Morgan fingerprint density at radius 1 is 1.26 bits per heavy atom. The van der Waals surface area contributed by atoms with Crippen LogP contribution in [0.3, 0.4) is 0 Å². The Hall–Kier alpha value is -1.61. The van der Waals surface area contributed by atoms with Crippen LogP contribution in [0.1, 0.15) is 43.9 Å². The highest BCUT2D eigenvalue weighted by atomic mass is 16.5. The van der Waals surface area contributed by atoms with E-state index in [9.17, 15) is 5.11 Å². The van der Waals surface area contributed by atoms with Gasteiger partial charge in [-0.1, -0.05) is 32.4 Å². The average molecular weight is 259 g/mol. The van der Waals surface area contributed by atoms with Crippen molar-refractivity contribution in [3.63, 3.8) is 0 Å². The molecular weight excluding hydrogens is 238 g/mol. The second-order valence-corrected chi connectivity index (χ2v) is 4.77. The van der Waals surface area contributed by atoms with Crippen LogP contribution in [-0.2, 0) is 6.42 Å². The van der Waals surface area contributed by atoms with Crippen LogP contribution in [-0.4, -0.2) is 17.2 Å². The summed E-state index contributed by atoms with van der Waals surface area (Å²) in [5.74, 6) is 0.678. The van der Waals surface area contributed by atoms with Gasteiger partial charge in [-0.15, -0.1) is 0 Å². The quantitative estimate of drug-likeness (QED) is 0.891. The summed E-state index contributed by atoms with van der Waals surface area (Å²) in [6, 6.07) is 8.07. The van der Waals surface area contributed by atoms with Crippen molar-refractivity contribution in [2.75, 3.05) is 7.11 Å². The molecule has 1 heterocycles. The van der Waals surface area contributed by atoms with Gasteiger partial charge in [0.2, 0.25) is 5.88 Å². The third-order valence-electron chi connectivity index (χ3n) is 3.40. The number of aryl methyl sites for hydroxylation is 1. The first-order chi connectivity index (χ1) is 9.19. The molecule has 1 aromatic heterocycles. The number of hydrogen-bond donors (Lipinski definition) is 1. The lowest BCUT2D eigenvalue weighted by Gasteiger charge is -2.12. The maximum absolute atomic E-state index is 10.0. The Kier molecular flexibility index (Phi) is 4.38. The van der Waals surface area contributed by atoms with Crippen molar-refractivity contribution >= 4 is 10.9 Å². The molecule has 0 saturated carbocycles. The molecule has 0 fully saturated rings. The normalized spacial score (nSPS) is 12.6. The van der Waals surface area contributed by atoms with Gasteiger partial charge in [0.05, 0.1) is 18.7 Å². The van der Waals surface area contributed by atoms with Crippen LogP contribution in [0.5, 0.6) is 5.88 Å². The van der Waals surface area contributed by atoms with Gasteiger partial charge in [0.25, 0.3) is 0 Å². The molecule has 1 N–H and O–H groups in total. The SMILES string of the molecule is CCCC(O)c1ccc2cc(CC)c(OC)nc2c1. The molecule has 0 aliphatic rings. The number of fused-ring (bicyclic) bond motifs is 1. The third kappa shape index (κ3) is 2.87. The average Bonchev–Trinajstić information content (AvgIpc) is 2.45. The fourth-order valence-electron chi connectivity index (χ4n) is 2.29. The van der Waals surface area contributed by atoms with Crippen LogP contribution in [0.2, 0.25) is 0 Å². The molecule has 3 nitrogen and oxygen atoms in total. The van der Waals surface area contributed by atoms with Crippen molar-refractivity contribution in [2.45, 2.75) is 39.2 Å². The Morgan fingerprint density at radius 2 is 2.05 bits per heavy atom. The zero-order valence-corrected chi connectivity index (χ0v) is 11.8. The molecular formula is C16H21NO2. The Balaban J connectivity index is 2.47. The van der Waals surface area contributed by atoms with Gasteiger partial charge in [-0.05, 0) is 30.5 Å². The van der Waals surface area contributed by atoms with E-state index in [1.807, 2.05) is 18.2 Å². The van der Waals surface area contributed by atoms with Gasteiger partial charge in [-0.2, -0.15) is 0 Å². The highest BCUT2D eigenvalue weighted by molar-refractivity contribution is 5.81. The summed E-state index contributed by atoms with van der Waals surface area (Å²) < 4.78 is 5.32. The van der Waals surface area contributed by atoms with Crippen molar-refractivity contribution in [3.8, 4) is 5.88 Å². The van der Waals surface area contributed by atoms with Gasteiger partial charge >= 0.3 is 0 Å². The molecule has 2 rings (SSSR count). The lowest BCUT2D eigenvalue weighted by atomic mass is 10.0. The number of pyridine rings is 1. The molecule has 1 aromatic carbocycles. The molecule has 0 saturated heterocycles. The summed E-state index contributed by atoms with van der Waals surface area (Å²) in [5.41, 5.74) is 2.91. The van der Waals surface area contributed by atoms with E-state index < -0.39 is 6.10 Å². The van der Waals surface area contributed by atoms with E-state index in [0.29, 0.717) is 5.88 Å². The molecule has 0 radical (unpaired) electrons. The van der Waals surface area contributed by atoms with Crippen molar-refractivity contribution in [1.29, 1.82) is 0 Å². The Morgan fingerprint density at radius 3 is 2.68 bits per heavy atom. The number of ether oxygens (including phenoxy) is 1. The number of aromatic nitrogens is 1. The molecule has 1 atom stereocenters. The summed E-state index contributed by atoms with van der Waals surface area (Å²) >= 11 is 0. The minimum absolute atomic E-state index is 0.409. The second-order valence-electron chi connectivity index (χ2n) is 4.77. The minimum Gasteiger partial charge on any atom is -0.481 e. The number of rotatable bonds is 5. The van der Waals surface area contributed by atoms with Gasteiger partial charge in [-0.25, -0.2) is 4.98 Å². The molecule has 3 heteroatoms. The van der Waals surface area contributed by atoms with E-state index in [1.54, 1.807) is 7.11 Å². The van der Waals surface area contributed by atoms with Crippen molar-refractivity contribution in [1.82, 2.24) is 4.98 Å². The standard InChI is InChI=1S/C16H21NO2/c1-4-6-15(18)13-8-7-12-9-11(5-2)16(19-3)17-14(12)10-13/h7-10,15,18H,4-6H2,1-3H3. The van der Waals surface area contributed by atoms with Crippen LogP contribution in [0, 0.1) is 0 Å². The van der Waals surface area contributed by atoms with E-state index in [0.717, 1.165) is 41.3 Å². The lowest BCUT2D eigenvalue weighted by molar-refractivity contribution is 0.166.